The third kappa shape index (κ3) is 3.41. The van der Waals surface area contributed by atoms with E-state index < -0.39 is 0 Å². The fourth-order valence-corrected chi connectivity index (χ4v) is 2.67. The molecule has 1 aromatic heterocycles. The van der Waals surface area contributed by atoms with Crippen LogP contribution in [0.1, 0.15) is 5.56 Å². The lowest BCUT2D eigenvalue weighted by atomic mass is 10.1. The van der Waals surface area contributed by atoms with E-state index in [-0.39, 0.29) is 0 Å². The van der Waals surface area contributed by atoms with Crippen molar-refractivity contribution in [3.63, 3.8) is 0 Å². The molecule has 0 atom stereocenters. The molecule has 2 aromatic rings. The number of alkyl halides is 2. The van der Waals surface area contributed by atoms with E-state index >= 15 is 0 Å². The molecule has 1 heterocycles. The van der Waals surface area contributed by atoms with Crippen LogP contribution in [0.3, 0.4) is 0 Å². The highest BCUT2D eigenvalue weighted by Gasteiger charge is 2.07. The lowest BCUT2D eigenvalue weighted by Gasteiger charge is -2.19. The van der Waals surface area contributed by atoms with Gasteiger partial charge in [-0.15, -0.1) is 23.2 Å². The zero-order valence-electron chi connectivity index (χ0n) is 10.3. The van der Waals surface area contributed by atoms with E-state index in [0.717, 1.165) is 26.1 Å². The quantitative estimate of drug-likeness (QED) is 0.772. The summed E-state index contributed by atoms with van der Waals surface area (Å²) >= 11 is 11.6. The Labute approximate surface area is 118 Å². The van der Waals surface area contributed by atoms with Gasteiger partial charge >= 0.3 is 0 Å². The Hall–Kier alpha value is -0.700. The minimum atomic E-state index is 0.658. The Balaban J connectivity index is 2.00. The lowest BCUT2D eigenvalue weighted by Crippen LogP contribution is -2.30. The molecule has 0 unspecified atom stereocenters. The normalized spacial score (nSPS) is 11.5. The molecule has 2 rings (SSSR count). The van der Waals surface area contributed by atoms with Gasteiger partial charge in [0, 0.05) is 48.5 Å². The smallest absolute Gasteiger partial charge is 0.0456 e. The van der Waals surface area contributed by atoms with Gasteiger partial charge in [-0.05, 0) is 18.1 Å². The number of halogens is 2. The monoisotopic (exact) mass is 284 g/mol. The molecule has 4 heteroatoms. The van der Waals surface area contributed by atoms with Gasteiger partial charge in [-0.25, -0.2) is 0 Å². The van der Waals surface area contributed by atoms with Crippen LogP contribution in [0.25, 0.3) is 10.9 Å². The van der Waals surface area contributed by atoms with Crippen molar-refractivity contribution in [2.45, 2.75) is 6.42 Å². The molecule has 98 valence electrons. The van der Waals surface area contributed by atoms with Gasteiger partial charge < -0.3 is 9.88 Å². The van der Waals surface area contributed by atoms with Gasteiger partial charge in [0.2, 0.25) is 0 Å². The maximum atomic E-state index is 5.80. The van der Waals surface area contributed by atoms with Gasteiger partial charge in [0.05, 0.1) is 0 Å². The van der Waals surface area contributed by atoms with E-state index in [1.807, 2.05) is 0 Å². The molecule has 1 aromatic carbocycles. The Morgan fingerprint density at radius 3 is 2.44 bits per heavy atom. The molecule has 1 N–H and O–H groups in total. The molecular formula is C14H18Cl2N2. The molecule has 0 spiro atoms. The number of hydrogen-bond acceptors (Lipinski definition) is 1. The van der Waals surface area contributed by atoms with Crippen LogP contribution in [-0.2, 0) is 6.42 Å². The number of para-hydroxylation sites is 1. The second kappa shape index (κ2) is 7.03. The van der Waals surface area contributed by atoms with Crippen molar-refractivity contribution in [2.75, 3.05) is 31.4 Å². The number of aromatic nitrogens is 1. The Kier molecular flexibility index (Phi) is 5.36. The summed E-state index contributed by atoms with van der Waals surface area (Å²) in [5.41, 5.74) is 2.56. The summed E-state index contributed by atoms with van der Waals surface area (Å²) in [6.45, 7) is 2.80. The van der Waals surface area contributed by atoms with E-state index in [2.05, 4.69) is 40.3 Å². The summed E-state index contributed by atoms with van der Waals surface area (Å²) < 4.78 is 0. The lowest BCUT2D eigenvalue weighted by molar-refractivity contribution is 0.312. The van der Waals surface area contributed by atoms with Gasteiger partial charge in [0.1, 0.15) is 0 Å². The molecule has 0 saturated heterocycles. The maximum Gasteiger partial charge on any atom is 0.0456 e. The molecule has 0 aliphatic rings. The number of benzene rings is 1. The van der Waals surface area contributed by atoms with E-state index in [9.17, 15) is 0 Å². The van der Waals surface area contributed by atoms with Crippen molar-refractivity contribution in [2.24, 2.45) is 0 Å². The second-order valence-electron chi connectivity index (χ2n) is 4.33. The van der Waals surface area contributed by atoms with Crippen LogP contribution in [-0.4, -0.2) is 41.3 Å². The molecule has 0 bridgehead atoms. The predicted octanol–water partition coefficient (Wildman–Crippen LogP) is 3.49. The van der Waals surface area contributed by atoms with Crippen LogP contribution in [0, 0.1) is 0 Å². The van der Waals surface area contributed by atoms with Crippen molar-refractivity contribution in [1.29, 1.82) is 0 Å². The fourth-order valence-electron chi connectivity index (χ4n) is 2.19. The number of nitrogens with one attached hydrogen (secondary N) is 1. The summed E-state index contributed by atoms with van der Waals surface area (Å²) in [5, 5.41) is 1.31. The van der Waals surface area contributed by atoms with Gasteiger partial charge in [0.15, 0.2) is 0 Å². The van der Waals surface area contributed by atoms with Crippen molar-refractivity contribution >= 4 is 34.1 Å². The first-order valence-corrected chi connectivity index (χ1v) is 7.31. The summed E-state index contributed by atoms with van der Waals surface area (Å²) in [4.78, 5) is 5.61. The molecule has 0 radical (unpaired) electrons. The van der Waals surface area contributed by atoms with Crippen molar-refractivity contribution in [3.8, 4) is 0 Å². The summed E-state index contributed by atoms with van der Waals surface area (Å²) in [7, 11) is 0. The SMILES string of the molecule is ClCCN(CCCl)CCc1c[nH]c2ccccc12. The number of H-pyrrole nitrogens is 1. The van der Waals surface area contributed by atoms with E-state index in [1.54, 1.807) is 0 Å². The van der Waals surface area contributed by atoms with Crippen molar-refractivity contribution in [1.82, 2.24) is 9.88 Å². The van der Waals surface area contributed by atoms with Crippen LogP contribution in [0.2, 0.25) is 0 Å². The molecule has 18 heavy (non-hydrogen) atoms. The van der Waals surface area contributed by atoms with Crippen LogP contribution in [0.4, 0.5) is 0 Å². The third-order valence-electron chi connectivity index (χ3n) is 3.17. The Morgan fingerprint density at radius 2 is 1.72 bits per heavy atom. The van der Waals surface area contributed by atoms with Gasteiger partial charge in [-0.2, -0.15) is 0 Å². The third-order valence-corrected chi connectivity index (χ3v) is 3.51. The first kappa shape index (κ1) is 13.7. The van der Waals surface area contributed by atoms with Crippen LogP contribution < -0.4 is 0 Å². The number of nitrogens with zero attached hydrogens (tertiary/aromatic N) is 1. The van der Waals surface area contributed by atoms with Gasteiger partial charge in [-0.3, -0.25) is 0 Å². The van der Waals surface area contributed by atoms with E-state index in [4.69, 9.17) is 23.2 Å². The highest BCUT2D eigenvalue weighted by atomic mass is 35.5. The minimum Gasteiger partial charge on any atom is -0.361 e. The molecular weight excluding hydrogens is 267 g/mol. The maximum absolute atomic E-state index is 5.80. The van der Waals surface area contributed by atoms with Gasteiger partial charge in [0.25, 0.3) is 0 Å². The van der Waals surface area contributed by atoms with E-state index in [1.165, 1.54) is 16.5 Å². The predicted molar refractivity (Wildman–Crippen MR) is 79.9 cm³/mol. The highest BCUT2D eigenvalue weighted by Crippen LogP contribution is 2.18. The van der Waals surface area contributed by atoms with Crippen LogP contribution in [0.5, 0.6) is 0 Å². The first-order valence-electron chi connectivity index (χ1n) is 6.24. The number of fused-ring (bicyclic) bond motifs is 1. The topological polar surface area (TPSA) is 19.0 Å². The Morgan fingerprint density at radius 1 is 1.00 bits per heavy atom. The van der Waals surface area contributed by atoms with Gasteiger partial charge in [-0.1, -0.05) is 18.2 Å². The summed E-state index contributed by atoms with van der Waals surface area (Å²) in [5.74, 6) is 1.32. The second-order valence-corrected chi connectivity index (χ2v) is 5.09. The molecule has 0 fully saturated rings. The standard InChI is InChI=1S/C14H18Cl2N2/c15-6-9-18(10-7-16)8-5-12-11-17-14-4-2-1-3-13(12)14/h1-4,11,17H,5-10H2. The molecule has 0 aliphatic heterocycles. The number of hydrogen-bond donors (Lipinski definition) is 1. The molecule has 2 nitrogen and oxygen atoms in total. The average Bonchev–Trinajstić information content (AvgIpc) is 2.80. The Bertz CT molecular complexity index is 475. The molecule has 0 amide bonds. The summed E-state index contributed by atoms with van der Waals surface area (Å²) in [6.07, 6.45) is 3.13. The first-order chi connectivity index (χ1) is 8.85. The highest BCUT2D eigenvalue weighted by molar-refractivity contribution is 6.18. The number of rotatable bonds is 7. The number of aromatic amines is 1. The zero-order chi connectivity index (χ0) is 12.8. The fraction of sp³-hybridized carbons (Fsp3) is 0.429. The molecule has 0 saturated carbocycles. The van der Waals surface area contributed by atoms with Crippen molar-refractivity contribution < 1.29 is 0 Å². The van der Waals surface area contributed by atoms with Crippen molar-refractivity contribution in [3.05, 3.63) is 36.0 Å². The minimum absolute atomic E-state index is 0.658. The van der Waals surface area contributed by atoms with Crippen LogP contribution >= 0.6 is 23.2 Å². The largest absolute Gasteiger partial charge is 0.361 e. The molecule has 0 aliphatic carbocycles. The zero-order valence-corrected chi connectivity index (χ0v) is 11.8. The summed E-state index contributed by atoms with van der Waals surface area (Å²) in [6, 6.07) is 8.40. The average molecular weight is 285 g/mol. The van der Waals surface area contributed by atoms with Crippen LogP contribution in [0.15, 0.2) is 30.5 Å². The van der Waals surface area contributed by atoms with E-state index in [0.29, 0.717) is 11.8 Å².